The smallest absolute Gasteiger partial charge is 0.303 e. The van der Waals surface area contributed by atoms with E-state index in [1.165, 1.54) is 0 Å². The van der Waals surface area contributed by atoms with Crippen LogP contribution in [0.15, 0.2) is 60.4 Å². The third kappa shape index (κ3) is 5.08. The van der Waals surface area contributed by atoms with Crippen LogP contribution in [0.1, 0.15) is 25.7 Å². The SMILES string of the molecule is C=C1/C=C(Oc2ccccc2Cl)\C=C/C[C@H](CC(=O)O)CC1. The van der Waals surface area contributed by atoms with Crippen LogP contribution in [0.3, 0.4) is 0 Å². The average Bonchev–Trinajstić information content (AvgIpc) is 2.53. The van der Waals surface area contributed by atoms with Gasteiger partial charge in [0.15, 0.2) is 0 Å². The highest BCUT2D eigenvalue weighted by molar-refractivity contribution is 6.32. The average molecular weight is 319 g/mol. The molecule has 0 fully saturated rings. The molecule has 0 saturated heterocycles. The number of halogens is 1. The van der Waals surface area contributed by atoms with Gasteiger partial charge in [-0.2, -0.15) is 0 Å². The van der Waals surface area contributed by atoms with Gasteiger partial charge in [-0.3, -0.25) is 4.79 Å². The van der Waals surface area contributed by atoms with Gasteiger partial charge in [-0.1, -0.05) is 42.0 Å². The fourth-order valence-electron chi connectivity index (χ4n) is 2.36. The Morgan fingerprint density at radius 3 is 2.91 bits per heavy atom. The van der Waals surface area contributed by atoms with Crippen molar-refractivity contribution in [3.8, 4) is 5.75 Å². The summed E-state index contributed by atoms with van der Waals surface area (Å²) in [4.78, 5) is 10.9. The number of carboxylic acid groups (broad SMARTS) is 1. The molecule has 3 nitrogen and oxygen atoms in total. The van der Waals surface area contributed by atoms with Gasteiger partial charge < -0.3 is 9.84 Å². The lowest BCUT2D eigenvalue weighted by Gasteiger charge is -2.11. The van der Waals surface area contributed by atoms with Crippen molar-refractivity contribution < 1.29 is 14.6 Å². The number of para-hydroxylation sites is 1. The number of carbonyl (C=O) groups is 1. The Morgan fingerprint density at radius 1 is 1.41 bits per heavy atom. The predicted molar refractivity (Wildman–Crippen MR) is 88.0 cm³/mol. The molecule has 116 valence electrons. The van der Waals surface area contributed by atoms with Gasteiger partial charge >= 0.3 is 5.97 Å². The maximum absolute atomic E-state index is 10.9. The van der Waals surface area contributed by atoms with E-state index in [-0.39, 0.29) is 12.3 Å². The number of hydrogen-bond acceptors (Lipinski definition) is 2. The molecule has 1 aromatic carbocycles. The summed E-state index contributed by atoms with van der Waals surface area (Å²) in [6.45, 7) is 4.01. The number of carboxylic acids is 1. The highest BCUT2D eigenvalue weighted by Gasteiger charge is 2.14. The highest BCUT2D eigenvalue weighted by Crippen LogP contribution is 2.28. The largest absolute Gasteiger partial charge is 0.481 e. The maximum Gasteiger partial charge on any atom is 0.303 e. The number of allylic oxidation sites excluding steroid dienone is 4. The first-order valence-electron chi connectivity index (χ1n) is 7.25. The van der Waals surface area contributed by atoms with Crippen LogP contribution in [0.5, 0.6) is 5.75 Å². The van der Waals surface area contributed by atoms with Gasteiger partial charge in [0.2, 0.25) is 0 Å². The zero-order valence-electron chi connectivity index (χ0n) is 12.3. The van der Waals surface area contributed by atoms with E-state index in [0.29, 0.717) is 23.0 Å². The lowest BCUT2D eigenvalue weighted by atomic mass is 9.94. The Morgan fingerprint density at radius 2 is 2.18 bits per heavy atom. The van der Waals surface area contributed by atoms with E-state index < -0.39 is 5.97 Å². The Hall–Kier alpha value is -2.00. The predicted octanol–water partition coefficient (Wildman–Crippen LogP) is 4.99. The summed E-state index contributed by atoms with van der Waals surface area (Å²) >= 11 is 6.10. The molecule has 0 amide bonds. The first-order chi connectivity index (χ1) is 10.5. The first kappa shape index (κ1) is 16.4. The van der Waals surface area contributed by atoms with E-state index in [1.54, 1.807) is 12.1 Å². The van der Waals surface area contributed by atoms with Crippen LogP contribution in [0.25, 0.3) is 0 Å². The van der Waals surface area contributed by atoms with Crippen LogP contribution >= 0.6 is 11.6 Å². The molecular weight excluding hydrogens is 300 g/mol. The molecule has 0 aliphatic heterocycles. The number of benzene rings is 1. The number of aliphatic carboxylic acids is 1. The molecule has 4 heteroatoms. The van der Waals surface area contributed by atoms with Crippen molar-refractivity contribution in [3.63, 3.8) is 0 Å². The lowest BCUT2D eigenvalue weighted by Crippen LogP contribution is -2.07. The van der Waals surface area contributed by atoms with Crippen molar-refractivity contribution in [2.24, 2.45) is 5.92 Å². The summed E-state index contributed by atoms with van der Waals surface area (Å²) in [6, 6.07) is 7.28. The maximum atomic E-state index is 10.9. The third-order valence-electron chi connectivity index (χ3n) is 3.50. The quantitative estimate of drug-likeness (QED) is 0.850. The van der Waals surface area contributed by atoms with Crippen LogP contribution in [-0.4, -0.2) is 11.1 Å². The van der Waals surface area contributed by atoms with Gasteiger partial charge in [-0.25, -0.2) is 0 Å². The van der Waals surface area contributed by atoms with Crippen LogP contribution in [0.4, 0.5) is 0 Å². The molecule has 2 rings (SSSR count). The highest BCUT2D eigenvalue weighted by atomic mass is 35.5. The minimum Gasteiger partial charge on any atom is -0.481 e. The topological polar surface area (TPSA) is 46.5 Å². The van der Waals surface area contributed by atoms with E-state index >= 15 is 0 Å². The normalized spacial score (nSPS) is 22.7. The van der Waals surface area contributed by atoms with Crippen molar-refractivity contribution in [2.45, 2.75) is 25.7 Å². The Bertz CT molecular complexity index is 617. The number of ether oxygens (including phenoxy) is 1. The Kier molecular flexibility index (Phi) is 5.84. The second kappa shape index (κ2) is 7.85. The summed E-state index contributed by atoms with van der Waals surface area (Å²) < 4.78 is 5.83. The first-order valence-corrected chi connectivity index (χ1v) is 7.62. The zero-order chi connectivity index (χ0) is 15.9. The van der Waals surface area contributed by atoms with Gasteiger partial charge in [0.1, 0.15) is 11.5 Å². The standard InChI is InChI=1S/C18H19ClO3/c1-13-9-10-14(12-18(20)21)5-4-6-15(11-13)22-17-8-3-2-7-16(17)19/h2-4,6-8,11,14H,1,5,9-10,12H2,(H,20,21)/b6-4-,15-11+/t14-/m0/s1. The van der Waals surface area contributed by atoms with Gasteiger partial charge in [-0.15, -0.1) is 0 Å². The molecule has 0 unspecified atom stereocenters. The Labute approximate surface area is 135 Å². The molecule has 1 atom stereocenters. The molecule has 0 radical (unpaired) electrons. The Balaban J connectivity index is 2.12. The second-order valence-electron chi connectivity index (χ2n) is 5.38. The van der Waals surface area contributed by atoms with Crippen LogP contribution < -0.4 is 4.74 Å². The summed E-state index contributed by atoms with van der Waals surface area (Å²) in [6.07, 6.45) is 8.15. The fraction of sp³-hybridized carbons (Fsp3) is 0.278. The van der Waals surface area contributed by atoms with Gasteiger partial charge in [0.05, 0.1) is 5.02 Å². The van der Waals surface area contributed by atoms with Crippen LogP contribution in [0.2, 0.25) is 5.02 Å². The van der Waals surface area contributed by atoms with Crippen LogP contribution in [0, 0.1) is 5.92 Å². The molecule has 1 N–H and O–H groups in total. The molecule has 0 bridgehead atoms. The monoisotopic (exact) mass is 318 g/mol. The molecule has 0 heterocycles. The molecule has 1 aliphatic rings. The summed E-state index contributed by atoms with van der Waals surface area (Å²) in [5, 5.41) is 9.49. The molecule has 0 aromatic heterocycles. The molecule has 22 heavy (non-hydrogen) atoms. The van der Waals surface area contributed by atoms with E-state index in [4.69, 9.17) is 21.4 Å². The van der Waals surface area contributed by atoms with Crippen molar-refractivity contribution >= 4 is 17.6 Å². The van der Waals surface area contributed by atoms with Crippen molar-refractivity contribution in [1.29, 1.82) is 0 Å². The minimum absolute atomic E-state index is 0.124. The fourth-order valence-corrected chi connectivity index (χ4v) is 2.53. The zero-order valence-corrected chi connectivity index (χ0v) is 13.1. The summed E-state index contributed by atoms with van der Waals surface area (Å²) in [5.74, 6) is 0.616. The summed E-state index contributed by atoms with van der Waals surface area (Å²) in [7, 11) is 0. The number of rotatable bonds is 4. The van der Waals surface area contributed by atoms with E-state index in [9.17, 15) is 4.79 Å². The van der Waals surface area contributed by atoms with Crippen LogP contribution in [-0.2, 0) is 4.79 Å². The van der Waals surface area contributed by atoms with Crippen molar-refractivity contribution in [1.82, 2.24) is 0 Å². The van der Waals surface area contributed by atoms with E-state index in [0.717, 1.165) is 18.4 Å². The molecule has 0 spiro atoms. The lowest BCUT2D eigenvalue weighted by molar-refractivity contribution is -0.138. The molecular formula is C18H19ClO3. The molecule has 1 aromatic rings. The van der Waals surface area contributed by atoms with E-state index in [2.05, 4.69) is 6.58 Å². The number of hydrogen-bond donors (Lipinski definition) is 1. The third-order valence-corrected chi connectivity index (χ3v) is 3.81. The molecule has 1 aliphatic carbocycles. The van der Waals surface area contributed by atoms with Gasteiger partial charge in [0, 0.05) is 6.42 Å². The van der Waals surface area contributed by atoms with E-state index in [1.807, 2.05) is 30.4 Å². The summed E-state index contributed by atoms with van der Waals surface area (Å²) in [5.41, 5.74) is 0.920. The van der Waals surface area contributed by atoms with Gasteiger partial charge in [0.25, 0.3) is 0 Å². The van der Waals surface area contributed by atoms with Crippen molar-refractivity contribution in [2.75, 3.05) is 0 Å². The van der Waals surface area contributed by atoms with Gasteiger partial charge in [-0.05, 0) is 49.5 Å². The minimum atomic E-state index is -0.760. The van der Waals surface area contributed by atoms with Crippen molar-refractivity contribution in [3.05, 3.63) is 65.4 Å². The molecule has 0 saturated carbocycles. The second-order valence-corrected chi connectivity index (χ2v) is 5.79.